The summed E-state index contributed by atoms with van der Waals surface area (Å²) < 4.78 is 25.4. The summed E-state index contributed by atoms with van der Waals surface area (Å²) in [5.74, 6) is -0.193. The van der Waals surface area contributed by atoms with Gasteiger partial charge in [0, 0.05) is 125 Å². The molecule has 0 spiro atoms. The Labute approximate surface area is 446 Å². The molecule has 3 aliphatic heterocycles. The highest BCUT2D eigenvalue weighted by molar-refractivity contribution is 6.09. The number of hydrogen-bond donors (Lipinski definition) is 1. The number of carbonyl (C=O) groups is 5. The van der Waals surface area contributed by atoms with Crippen molar-refractivity contribution in [2.75, 3.05) is 148 Å². The Morgan fingerprint density at radius 1 is 0.711 bits per heavy atom. The number of fused-ring (bicyclic) bond motifs is 2. The summed E-state index contributed by atoms with van der Waals surface area (Å²) in [6, 6.07) is 28.0. The van der Waals surface area contributed by atoms with Crippen LogP contribution in [0.1, 0.15) is 50.9 Å². The molecule has 2 fully saturated rings. The minimum atomic E-state index is -0.495. The Bertz CT molecular complexity index is 2870. The van der Waals surface area contributed by atoms with E-state index < -0.39 is 11.8 Å². The smallest absolute Gasteiger partial charge is 0.254 e. The molecule has 3 aromatic rings. The van der Waals surface area contributed by atoms with Crippen molar-refractivity contribution >= 4 is 51.9 Å². The Balaban J connectivity index is 1.00. The van der Waals surface area contributed by atoms with E-state index in [1.807, 2.05) is 48.5 Å². The molecule has 7 rings (SSSR count). The predicted octanol–water partition coefficient (Wildman–Crippen LogP) is 5.18. The van der Waals surface area contributed by atoms with Gasteiger partial charge in [0.2, 0.25) is 35.5 Å². The zero-order valence-electron chi connectivity index (χ0n) is 44.9. The third-order valence-electron chi connectivity index (χ3n) is 14.2. The zero-order chi connectivity index (χ0) is 54.0. The molecule has 0 saturated carbocycles. The Morgan fingerprint density at radius 2 is 1.38 bits per heavy atom. The minimum absolute atomic E-state index is 0.128. The Morgan fingerprint density at radius 3 is 2.09 bits per heavy atom. The number of amides is 5. The van der Waals surface area contributed by atoms with Gasteiger partial charge in [-0.3, -0.25) is 24.0 Å². The molecule has 0 atom stereocenters. The van der Waals surface area contributed by atoms with Crippen molar-refractivity contribution in [1.82, 2.24) is 29.5 Å². The third-order valence-corrected chi connectivity index (χ3v) is 14.2. The fraction of sp³-hybridized carbons (Fsp3) is 0.466. The van der Waals surface area contributed by atoms with Gasteiger partial charge < -0.3 is 58.2 Å². The minimum Gasteiger partial charge on any atom is -0.495 e. The normalized spacial score (nSPS) is 13.6. The van der Waals surface area contributed by atoms with Crippen LogP contribution in [0.15, 0.2) is 89.3 Å². The van der Waals surface area contributed by atoms with Crippen LogP contribution in [0.2, 0.25) is 0 Å². The highest BCUT2D eigenvalue weighted by Gasteiger charge is 2.31. The standard InChI is InChI=1S/C58H73N9O9/c1-7-61(8-2)43-19-21-47-51(39-43)76-52-40-44(62(9-3)10-4)20-22-48(52)57(47)45-15-11-12-16-46(45)58(72)66-33-31-64(32-34-66)54(69)23-24-55(70)67(41-53(68)60-26-36-75-38-37-74-35-25-59-5)42-56(71)65-29-27-63(28-30-65)49-17-13-14-18-50(49)73-6/h11-22,39-40H,7-10,23-38,41-42H2,1-4,6H3/p+1. The first kappa shape index (κ1) is 56.2. The van der Waals surface area contributed by atoms with Gasteiger partial charge in [-0.15, -0.1) is 0 Å². The van der Waals surface area contributed by atoms with E-state index in [2.05, 4.69) is 88.6 Å². The molecule has 5 amide bonds. The van der Waals surface area contributed by atoms with Gasteiger partial charge in [-0.1, -0.05) is 30.3 Å². The maximum Gasteiger partial charge on any atom is 0.254 e. The molecule has 0 bridgehead atoms. The van der Waals surface area contributed by atoms with Crippen LogP contribution in [-0.4, -0.2) is 187 Å². The monoisotopic (exact) mass is 1040 g/mol. The average molecular weight is 1040 g/mol. The summed E-state index contributed by atoms with van der Waals surface area (Å²) in [4.78, 5) is 83.4. The van der Waals surface area contributed by atoms with Gasteiger partial charge in [0.1, 0.15) is 49.9 Å². The van der Waals surface area contributed by atoms with Crippen LogP contribution >= 0.6 is 0 Å². The molecule has 4 aliphatic rings. The largest absolute Gasteiger partial charge is 0.495 e. The number of methoxy groups -OCH3 is 1. The van der Waals surface area contributed by atoms with Crippen molar-refractivity contribution in [3.63, 3.8) is 0 Å². The second kappa shape index (κ2) is 27.9. The molecular weight excluding hydrogens is 967 g/mol. The number of nitrogens with zero attached hydrogens (tertiary/aromatic N) is 8. The first-order chi connectivity index (χ1) is 37.0. The summed E-state index contributed by atoms with van der Waals surface area (Å²) in [6.45, 7) is 22.7. The van der Waals surface area contributed by atoms with E-state index in [1.54, 1.807) is 21.8 Å². The number of rotatable bonds is 24. The van der Waals surface area contributed by atoms with Gasteiger partial charge in [-0.25, -0.2) is 11.1 Å². The second-order valence-corrected chi connectivity index (χ2v) is 18.6. The molecule has 0 aromatic heterocycles. The van der Waals surface area contributed by atoms with Crippen LogP contribution in [0.3, 0.4) is 0 Å². The van der Waals surface area contributed by atoms with Gasteiger partial charge in [0.05, 0.1) is 38.7 Å². The van der Waals surface area contributed by atoms with Crippen LogP contribution in [0.4, 0.5) is 11.4 Å². The van der Waals surface area contributed by atoms with Crippen molar-refractivity contribution in [3.8, 4) is 28.2 Å². The lowest BCUT2D eigenvalue weighted by Gasteiger charge is -2.37. The van der Waals surface area contributed by atoms with Gasteiger partial charge in [0.15, 0.2) is 0 Å². The molecule has 3 aromatic carbocycles. The van der Waals surface area contributed by atoms with Crippen LogP contribution < -0.4 is 29.8 Å². The Kier molecular flexibility index (Phi) is 20.6. The van der Waals surface area contributed by atoms with Gasteiger partial charge >= 0.3 is 0 Å². The van der Waals surface area contributed by atoms with Crippen molar-refractivity contribution in [3.05, 3.63) is 107 Å². The van der Waals surface area contributed by atoms with Crippen LogP contribution in [0.25, 0.3) is 38.3 Å². The number of carbonyl (C=O) groups excluding carboxylic acids is 5. The van der Waals surface area contributed by atoms with Crippen molar-refractivity contribution in [1.29, 1.82) is 0 Å². The number of ether oxygens (including phenoxy) is 3. The second-order valence-electron chi connectivity index (χ2n) is 18.6. The molecular formula is C58H74N9O9+. The maximum atomic E-state index is 14.7. The molecule has 18 heteroatoms. The SMILES string of the molecule is [C-]#[N+]CCOCCOCCNC(=O)CN(CC(=O)N1CCN(c2ccccc2OC)CC1)C(=O)CCC(=O)N1CCN(C(=O)c2ccccc2-c2c3ccc(=[N+](CC)CC)cc-3oc3cc(N(CC)CC)ccc23)CC1. The number of benzene rings is 4. The lowest BCUT2D eigenvalue weighted by molar-refractivity contribution is -0.144. The van der Waals surface area contributed by atoms with E-state index in [0.717, 1.165) is 82.1 Å². The summed E-state index contributed by atoms with van der Waals surface area (Å²) in [5, 5.41) is 4.71. The van der Waals surface area contributed by atoms with Crippen LogP contribution in [0.5, 0.6) is 5.75 Å². The number of piperazine rings is 2. The van der Waals surface area contributed by atoms with E-state index in [0.29, 0.717) is 64.7 Å². The third kappa shape index (κ3) is 14.1. The molecule has 2 saturated heterocycles. The number of para-hydroxylation sites is 2. The molecule has 0 unspecified atom stereocenters. The summed E-state index contributed by atoms with van der Waals surface area (Å²) in [6.07, 6.45) is -0.335. The molecule has 0 radical (unpaired) electrons. The lowest BCUT2D eigenvalue weighted by Crippen LogP contribution is -2.53. The lowest BCUT2D eigenvalue weighted by atomic mass is 9.90. The van der Waals surface area contributed by atoms with Gasteiger partial charge in [-0.2, -0.15) is 0 Å². The zero-order valence-corrected chi connectivity index (χ0v) is 44.9. The molecule has 3 heterocycles. The summed E-state index contributed by atoms with van der Waals surface area (Å²) >= 11 is 0. The number of anilines is 2. The molecule has 76 heavy (non-hydrogen) atoms. The fourth-order valence-electron chi connectivity index (χ4n) is 9.98. The van der Waals surface area contributed by atoms with Crippen molar-refractivity contribution < 1.29 is 42.6 Å². The number of nitrogens with one attached hydrogen (secondary N) is 1. The van der Waals surface area contributed by atoms with Crippen LogP contribution in [0, 0.1) is 6.57 Å². The quantitative estimate of drug-likeness (QED) is 0.0375. The van der Waals surface area contributed by atoms with E-state index in [9.17, 15) is 24.0 Å². The van der Waals surface area contributed by atoms with Gasteiger partial charge in [-0.05, 0) is 69.7 Å². The maximum absolute atomic E-state index is 14.7. The highest BCUT2D eigenvalue weighted by Crippen LogP contribution is 2.42. The topological polar surface area (TPSA) is 165 Å². The summed E-state index contributed by atoms with van der Waals surface area (Å²) in [7, 11) is 1.62. The summed E-state index contributed by atoms with van der Waals surface area (Å²) in [5.41, 5.74) is 5.86. The fourth-order valence-corrected chi connectivity index (χ4v) is 9.98. The first-order valence-corrected chi connectivity index (χ1v) is 26.7. The van der Waals surface area contributed by atoms with E-state index in [1.165, 1.54) is 4.90 Å². The van der Waals surface area contributed by atoms with Crippen molar-refractivity contribution in [2.24, 2.45) is 0 Å². The van der Waals surface area contributed by atoms with Gasteiger partial charge in [0.25, 0.3) is 5.91 Å². The molecule has 1 N–H and O–H groups in total. The van der Waals surface area contributed by atoms with E-state index >= 15 is 0 Å². The Hall–Kier alpha value is -7.49. The van der Waals surface area contributed by atoms with Crippen LogP contribution in [-0.2, 0) is 28.7 Å². The molecule has 1 aliphatic carbocycles. The predicted molar refractivity (Wildman–Crippen MR) is 294 cm³/mol. The average Bonchev–Trinajstić information content (AvgIpc) is 3.45. The molecule has 404 valence electrons. The highest BCUT2D eigenvalue weighted by atomic mass is 16.5. The van der Waals surface area contributed by atoms with E-state index in [4.69, 9.17) is 25.2 Å². The first-order valence-electron chi connectivity index (χ1n) is 26.7. The molecule has 18 nitrogen and oxygen atoms in total. The van der Waals surface area contributed by atoms with Crippen molar-refractivity contribution in [2.45, 2.75) is 40.5 Å². The number of hydrogen-bond acceptors (Lipinski definition) is 11. The van der Waals surface area contributed by atoms with E-state index in [-0.39, 0.29) is 76.4 Å².